The second-order valence-electron chi connectivity index (χ2n) is 4.41. The summed E-state index contributed by atoms with van der Waals surface area (Å²) in [4.78, 5) is 15.4. The van der Waals surface area contributed by atoms with Crippen LogP contribution in [-0.4, -0.2) is 10.6 Å². The third-order valence-corrected chi connectivity index (χ3v) is 3.01. The molecule has 1 aromatic carbocycles. The van der Waals surface area contributed by atoms with Crippen molar-refractivity contribution in [1.29, 1.82) is 0 Å². The highest BCUT2D eigenvalue weighted by molar-refractivity contribution is 5.84. The van der Waals surface area contributed by atoms with Gasteiger partial charge in [-0.3, -0.25) is 10.1 Å². The second-order valence-corrected chi connectivity index (χ2v) is 4.41. The quantitative estimate of drug-likeness (QED) is 0.465. The van der Waals surface area contributed by atoms with Crippen LogP contribution in [0.2, 0.25) is 0 Å². The van der Waals surface area contributed by atoms with Crippen LogP contribution in [0.15, 0.2) is 29.4 Å². The number of non-ortho nitro benzene ring substituents is 1. The Morgan fingerprint density at radius 2 is 1.67 bits per heavy atom. The third kappa shape index (κ3) is 3.55. The summed E-state index contributed by atoms with van der Waals surface area (Å²) < 4.78 is 0. The summed E-state index contributed by atoms with van der Waals surface area (Å²) in [6.07, 6.45) is 6.85. The molecule has 1 aliphatic carbocycles. The van der Waals surface area contributed by atoms with Gasteiger partial charge in [0.15, 0.2) is 5.75 Å². The molecule has 0 amide bonds. The summed E-state index contributed by atoms with van der Waals surface area (Å²) in [6, 6.07) is 5.98. The average Bonchev–Trinajstić information content (AvgIpc) is 2.65. The van der Waals surface area contributed by atoms with Crippen LogP contribution in [0.1, 0.15) is 38.5 Å². The zero-order valence-electron chi connectivity index (χ0n) is 10.2. The lowest BCUT2D eigenvalue weighted by Crippen LogP contribution is -1.98. The Hall–Kier alpha value is -1.91. The van der Waals surface area contributed by atoms with Gasteiger partial charge in [-0.15, -0.1) is 0 Å². The van der Waals surface area contributed by atoms with Crippen molar-refractivity contribution >= 4 is 11.4 Å². The van der Waals surface area contributed by atoms with E-state index in [1.54, 1.807) is 12.1 Å². The van der Waals surface area contributed by atoms with E-state index in [1.165, 1.54) is 37.8 Å². The van der Waals surface area contributed by atoms with Crippen LogP contribution in [0.4, 0.5) is 5.69 Å². The Kier molecular flexibility index (Phi) is 4.28. The standard InChI is InChI=1S/C13H16N2O3/c16-15(17)12-7-9-13(10-8-12)18-14-11-5-3-1-2-4-6-11/h7-10H,1-6H2. The number of oxime groups is 1. The number of nitrogens with zero attached hydrogens (tertiary/aromatic N) is 2. The minimum Gasteiger partial charge on any atom is -0.357 e. The molecule has 2 rings (SSSR count). The molecule has 1 saturated carbocycles. The van der Waals surface area contributed by atoms with Crippen LogP contribution in [0.3, 0.4) is 0 Å². The third-order valence-electron chi connectivity index (χ3n) is 3.01. The van der Waals surface area contributed by atoms with Gasteiger partial charge < -0.3 is 4.84 Å². The Labute approximate surface area is 106 Å². The normalized spacial score (nSPS) is 15.9. The number of hydrogen-bond acceptors (Lipinski definition) is 4. The largest absolute Gasteiger partial charge is 0.357 e. The number of hydrogen-bond donors (Lipinski definition) is 0. The first-order chi connectivity index (χ1) is 8.75. The lowest BCUT2D eigenvalue weighted by atomic mass is 10.2. The van der Waals surface area contributed by atoms with Crippen LogP contribution >= 0.6 is 0 Å². The predicted octanol–water partition coefficient (Wildman–Crippen LogP) is 3.68. The monoisotopic (exact) mass is 248 g/mol. The van der Waals surface area contributed by atoms with E-state index in [0.29, 0.717) is 5.75 Å². The van der Waals surface area contributed by atoms with Gasteiger partial charge in [-0.1, -0.05) is 18.0 Å². The van der Waals surface area contributed by atoms with Gasteiger partial charge in [0.05, 0.1) is 10.6 Å². The molecule has 0 heterocycles. The van der Waals surface area contributed by atoms with E-state index in [0.717, 1.165) is 18.6 Å². The van der Waals surface area contributed by atoms with E-state index in [9.17, 15) is 10.1 Å². The Morgan fingerprint density at radius 1 is 1.06 bits per heavy atom. The molecule has 0 N–H and O–H groups in total. The molecule has 5 nitrogen and oxygen atoms in total. The highest BCUT2D eigenvalue weighted by Crippen LogP contribution is 2.19. The zero-order chi connectivity index (χ0) is 12.8. The van der Waals surface area contributed by atoms with Crippen molar-refractivity contribution in [2.75, 3.05) is 0 Å². The van der Waals surface area contributed by atoms with Gasteiger partial charge in [-0.25, -0.2) is 0 Å². The summed E-state index contributed by atoms with van der Waals surface area (Å²) >= 11 is 0. The lowest BCUT2D eigenvalue weighted by molar-refractivity contribution is -0.384. The maximum absolute atomic E-state index is 10.5. The Balaban J connectivity index is 1.96. The van der Waals surface area contributed by atoms with Gasteiger partial charge in [0, 0.05) is 12.1 Å². The molecule has 0 saturated heterocycles. The smallest absolute Gasteiger partial charge is 0.269 e. The second kappa shape index (κ2) is 6.14. The van der Waals surface area contributed by atoms with Crippen LogP contribution in [0, 0.1) is 10.1 Å². The Bertz CT molecular complexity index is 430. The van der Waals surface area contributed by atoms with Crippen molar-refractivity contribution in [1.82, 2.24) is 0 Å². The molecule has 0 atom stereocenters. The van der Waals surface area contributed by atoms with Crippen LogP contribution in [0.5, 0.6) is 5.75 Å². The fraction of sp³-hybridized carbons (Fsp3) is 0.462. The highest BCUT2D eigenvalue weighted by atomic mass is 16.6. The van der Waals surface area contributed by atoms with E-state index in [1.807, 2.05) is 0 Å². The molecule has 0 spiro atoms. The minimum atomic E-state index is -0.430. The van der Waals surface area contributed by atoms with Gasteiger partial charge >= 0.3 is 0 Å². The van der Waals surface area contributed by atoms with Crippen LogP contribution in [-0.2, 0) is 0 Å². The molecule has 1 aliphatic rings. The molecular formula is C13H16N2O3. The van der Waals surface area contributed by atoms with Gasteiger partial charge in [0.25, 0.3) is 5.69 Å². The fourth-order valence-corrected chi connectivity index (χ4v) is 1.97. The molecule has 0 bridgehead atoms. The molecule has 96 valence electrons. The summed E-state index contributed by atoms with van der Waals surface area (Å²) in [5, 5.41) is 14.6. The first-order valence-electron chi connectivity index (χ1n) is 6.23. The number of nitro benzene ring substituents is 1. The first kappa shape index (κ1) is 12.5. The lowest BCUT2D eigenvalue weighted by Gasteiger charge is -2.02. The maximum atomic E-state index is 10.5. The molecular weight excluding hydrogens is 232 g/mol. The van der Waals surface area contributed by atoms with Gasteiger partial charge in [0.2, 0.25) is 0 Å². The van der Waals surface area contributed by atoms with E-state index in [2.05, 4.69) is 5.16 Å². The van der Waals surface area contributed by atoms with Gasteiger partial charge in [-0.05, 0) is 37.8 Å². The van der Waals surface area contributed by atoms with E-state index in [4.69, 9.17) is 4.84 Å². The molecule has 1 fully saturated rings. The summed E-state index contributed by atoms with van der Waals surface area (Å²) in [5.74, 6) is 0.539. The van der Waals surface area contributed by atoms with Crippen molar-refractivity contribution in [3.05, 3.63) is 34.4 Å². The van der Waals surface area contributed by atoms with Crippen molar-refractivity contribution in [3.63, 3.8) is 0 Å². The molecule has 0 aromatic heterocycles. The van der Waals surface area contributed by atoms with Crippen molar-refractivity contribution in [2.45, 2.75) is 38.5 Å². The van der Waals surface area contributed by atoms with Crippen molar-refractivity contribution < 1.29 is 9.76 Å². The summed E-state index contributed by atoms with van der Waals surface area (Å²) in [7, 11) is 0. The fourth-order valence-electron chi connectivity index (χ4n) is 1.97. The minimum absolute atomic E-state index is 0.0597. The summed E-state index contributed by atoms with van der Waals surface area (Å²) in [5.41, 5.74) is 1.15. The van der Waals surface area contributed by atoms with Crippen LogP contribution in [0.25, 0.3) is 0 Å². The first-order valence-corrected chi connectivity index (χ1v) is 6.23. The zero-order valence-corrected chi connectivity index (χ0v) is 10.2. The molecule has 1 aromatic rings. The maximum Gasteiger partial charge on any atom is 0.269 e. The molecule has 0 unspecified atom stereocenters. The van der Waals surface area contributed by atoms with E-state index >= 15 is 0 Å². The Morgan fingerprint density at radius 3 is 2.22 bits per heavy atom. The van der Waals surface area contributed by atoms with Crippen molar-refractivity contribution in [2.24, 2.45) is 5.16 Å². The number of benzene rings is 1. The van der Waals surface area contributed by atoms with Crippen LogP contribution < -0.4 is 4.84 Å². The molecule has 5 heteroatoms. The summed E-state index contributed by atoms with van der Waals surface area (Å²) in [6.45, 7) is 0. The number of nitro groups is 1. The topological polar surface area (TPSA) is 64.7 Å². The van der Waals surface area contributed by atoms with E-state index < -0.39 is 4.92 Å². The van der Waals surface area contributed by atoms with Crippen molar-refractivity contribution in [3.8, 4) is 5.75 Å². The SMILES string of the molecule is O=[N+]([O-])c1ccc(ON=C2CCCCCC2)cc1. The average molecular weight is 248 g/mol. The molecule has 0 radical (unpaired) electrons. The van der Waals surface area contributed by atoms with Gasteiger partial charge in [0.1, 0.15) is 0 Å². The molecule has 18 heavy (non-hydrogen) atoms. The highest BCUT2D eigenvalue weighted by Gasteiger charge is 2.07. The van der Waals surface area contributed by atoms with E-state index in [-0.39, 0.29) is 5.69 Å². The predicted molar refractivity (Wildman–Crippen MR) is 68.9 cm³/mol. The number of rotatable bonds is 3. The molecule has 0 aliphatic heterocycles. The van der Waals surface area contributed by atoms with Gasteiger partial charge in [-0.2, -0.15) is 0 Å².